The van der Waals surface area contributed by atoms with E-state index in [1.807, 2.05) is 0 Å². The molecule has 0 saturated heterocycles. The molecule has 1 saturated carbocycles. The van der Waals surface area contributed by atoms with Crippen molar-refractivity contribution in [3.8, 4) is 0 Å². The lowest BCUT2D eigenvalue weighted by atomic mass is 9.85. The molecule has 2 heteroatoms. The lowest BCUT2D eigenvalue weighted by molar-refractivity contribution is 0.136. The van der Waals surface area contributed by atoms with Crippen molar-refractivity contribution in [1.82, 2.24) is 4.90 Å². The molecule has 0 bridgehead atoms. The van der Waals surface area contributed by atoms with Crippen LogP contribution in [0.5, 0.6) is 0 Å². The van der Waals surface area contributed by atoms with Crippen molar-refractivity contribution >= 4 is 0 Å². The zero-order valence-electron chi connectivity index (χ0n) is 14.2. The van der Waals surface area contributed by atoms with Crippen LogP contribution in [0.4, 0.5) is 0 Å². The molecule has 0 spiro atoms. The highest BCUT2D eigenvalue weighted by Gasteiger charge is 2.24. The molecule has 3 atom stereocenters. The molecule has 0 radical (unpaired) electrons. The van der Waals surface area contributed by atoms with Gasteiger partial charge in [-0.25, -0.2) is 0 Å². The maximum absolute atomic E-state index is 6.42. The Kier molecular flexibility index (Phi) is 5.83. The molecule has 1 aliphatic carbocycles. The Bertz CT molecular complexity index is 435. The van der Waals surface area contributed by atoms with Gasteiger partial charge in [0.05, 0.1) is 0 Å². The Morgan fingerprint density at radius 3 is 2.38 bits per heavy atom. The van der Waals surface area contributed by atoms with E-state index in [0.717, 1.165) is 24.9 Å². The molecule has 2 nitrogen and oxygen atoms in total. The van der Waals surface area contributed by atoms with Gasteiger partial charge in [-0.15, -0.1) is 0 Å². The maximum atomic E-state index is 6.42. The number of hydrogen-bond acceptors (Lipinski definition) is 2. The summed E-state index contributed by atoms with van der Waals surface area (Å²) in [5.74, 6) is 0.834. The standard InChI is InChI=1S/C19H32N2/c1-14-11-15(2)13-17(12-14)18(20)9-10-21(4)19-8-6-5-7-16(19)3/h11-13,16,18-19H,5-10,20H2,1-4H3. The molecule has 1 aromatic carbocycles. The molecular weight excluding hydrogens is 256 g/mol. The minimum Gasteiger partial charge on any atom is -0.324 e. The van der Waals surface area contributed by atoms with E-state index in [2.05, 4.69) is 50.9 Å². The zero-order valence-corrected chi connectivity index (χ0v) is 14.2. The number of benzene rings is 1. The van der Waals surface area contributed by atoms with Crippen LogP contribution in [-0.4, -0.2) is 24.5 Å². The predicted molar refractivity (Wildman–Crippen MR) is 91.5 cm³/mol. The summed E-state index contributed by atoms with van der Waals surface area (Å²) in [5.41, 5.74) is 10.3. The number of rotatable bonds is 5. The highest BCUT2D eigenvalue weighted by atomic mass is 15.1. The van der Waals surface area contributed by atoms with Crippen LogP contribution in [-0.2, 0) is 0 Å². The minimum atomic E-state index is 0.157. The molecule has 1 aliphatic rings. The van der Waals surface area contributed by atoms with Crippen LogP contribution in [0.25, 0.3) is 0 Å². The Morgan fingerprint density at radius 2 is 1.76 bits per heavy atom. The summed E-state index contributed by atoms with van der Waals surface area (Å²) >= 11 is 0. The van der Waals surface area contributed by atoms with Gasteiger partial charge in [0.2, 0.25) is 0 Å². The molecule has 1 fully saturated rings. The van der Waals surface area contributed by atoms with Gasteiger partial charge in [0, 0.05) is 12.1 Å². The number of hydrogen-bond donors (Lipinski definition) is 1. The van der Waals surface area contributed by atoms with Crippen LogP contribution in [0, 0.1) is 19.8 Å². The normalized spacial score (nSPS) is 24.3. The second-order valence-corrected chi connectivity index (χ2v) is 7.13. The van der Waals surface area contributed by atoms with Crippen molar-refractivity contribution in [2.75, 3.05) is 13.6 Å². The average Bonchev–Trinajstić information content (AvgIpc) is 2.43. The summed E-state index contributed by atoms with van der Waals surface area (Å²) in [6.45, 7) is 7.81. The third-order valence-corrected chi connectivity index (χ3v) is 5.10. The zero-order chi connectivity index (χ0) is 15.4. The van der Waals surface area contributed by atoms with Crippen molar-refractivity contribution in [3.05, 3.63) is 34.9 Å². The first-order chi connectivity index (χ1) is 9.97. The first-order valence-electron chi connectivity index (χ1n) is 8.51. The molecule has 0 heterocycles. The quantitative estimate of drug-likeness (QED) is 0.879. The molecule has 2 N–H and O–H groups in total. The van der Waals surface area contributed by atoms with Crippen molar-refractivity contribution in [1.29, 1.82) is 0 Å². The number of nitrogens with two attached hydrogens (primary N) is 1. The molecule has 0 aromatic heterocycles. The van der Waals surface area contributed by atoms with Gasteiger partial charge in [-0.3, -0.25) is 0 Å². The predicted octanol–water partition coefficient (Wildman–Crippen LogP) is 4.20. The molecule has 1 aromatic rings. The summed E-state index contributed by atoms with van der Waals surface area (Å²) < 4.78 is 0. The van der Waals surface area contributed by atoms with Crippen LogP contribution in [0.3, 0.4) is 0 Å². The second-order valence-electron chi connectivity index (χ2n) is 7.13. The molecule has 2 rings (SSSR count). The van der Waals surface area contributed by atoms with Crippen molar-refractivity contribution in [2.24, 2.45) is 11.7 Å². The van der Waals surface area contributed by atoms with Gasteiger partial charge in [0.15, 0.2) is 0 Å². The van der Waals surface area contributed by atoms with Gasteiger partial charge in [-0.05, 0) is 58.2 Å². The first-order valence-corrected chi connectivity index (χ1v) is 8.51. The van der Waals surface area contributed by atoms with Crippen LogP contribution < -0.4 is 5.73 Å². The first kappa shape index (κ1) is 16.5. The smallest absolute Gasteiger partial charge is 0.0307 e. The molecule has 0 amide bonds. The third-order valence-electron chi connectivity index (χ3n) is 5.10. The van der Waals surface area contributed by atoms with Crippen LogP contribution in [0.2, 0.25) is 0 Å². The Morgan fingerprint density at radius 1 is 1.14 bits per heavy atom. The van der Waals surface area contributed by atoms with E-state index < -0.39 is 0 Å². The average molecular weight is 288 g/mol. The summed E-state index contributed by atoms with van der Waals surface area (Å²) in [6, 6.07) is 7.60. The Balaban J connectivity index is 1.89. The lowest BCUT2D eigenvalue weighted by Gasteiger charge is -2.36. The SMILES string of the molecule is Cc1cc(C)cc(C(N)CCN(C)C2CCCCC2C)c1. The van der Waals surface area contributed by atoms with E-state index in [-0.39, 0.29) is 6.04 Å². The van der Waals surface area contributed by atoms with Gasteiger partial charge in [0.25, 0.3) is 0 Å². The van der Waals surface area contributed by atoms with E-state index in [1.165, 1.54) is 42.4 Å². The largest absolute Gasteiger partial charge is 0.324 e. The lowest BCUT2D eigenvalue weighted by Crippen LogP contribution is -2.40. The molecule has 3 unspecified atom stereocenters. The van der Waals surface area contributed by atoms with Gasteiger partial charge < -0.3 is 10.6 Å². The summed E-state index contributed by atoms with van der Waals surface area (Å²) in [7, 11) is 2.28. The second kappa shape index (κ2) is 7.42. The monoisotopic (exact) mass is 288 g/mol. The van der Waals surface area contributed by atoms with Gasteiger partial charge in [0.1, 0.15) is 0 Å². The summed E-state index contributed by atoms with van der Waals surface area (Å²) in [5, 5.41) is 0. The van der Waals surface area contributed by atoms with Gasteiger partial charge in [-0.2, -0.15) is 0 Å². The number of nitrogens with zero attached hydrogens (tertiary/aromatic N) is 1. The fraction of sp³-hybridized carbons (Fsp3) is 0.684. The molecular formula is C19H32N2. The molecule has 21 heavy (non-hydrogen) atoms. The Hall–Kier alpha value is -0.860. The number of aryl methyl sites for hydroxylation is 2. The molecule has 118 valence electrons. The van der Waals surface area contributed by atoms with E-state index in [4.69, 9.17) is 5.73 Å². The van der Waals surface area contributed by atoms with Crippen LogP contribution in [0.1, 0.15) is 61.8 Å². The Labute approximate surface area is 130 Å². The highest BCUT2D eigenvalue weighted by Crippen LogP contribution is 2.28. The highest BCUT2D eigenvalue weighted by molar-refractivity contribution is 5.30. The van der Waals surface area contributed by atoms with Gasteiger partial charge in [-0.1, -0.05) is 49.1 Å². The van der Waals surface area contributed by atoms with Crippen molar-refractivity contribution < 1.29 is 0 Å². The topological polar surface area (TPSA) is 29.3 Å². The van der Waals surface area contributed by atoms with Crippen LogP contribution in [0.15, 0.2) is 18.2 Å². The maximum Gasteiger partial charge on any atom is 0.0307 e. The van der Waals surface area contributed by atoms with Gasteiger partial charge >= 0.3 is 0 Å². The van der Waals surface area contributed by atoms with Crippen molar-refractivity contribution in [2.45, 2.75) is 65.0 Å². The fourth-order valence-corrected chi connectivity index (χ4v) is 3.85. The van der Waals surface area contributed by atoms with E-state index in [0.29, 0.717) is 0 Å². The molecule has 0 aliphatic heterocycles. The summed E-state index contributed by atoms with van der Waals surface area (Å²) in [6.07, 6.45) is 6.59. The van der Waals surface area contributed by atoms with E-state index in [9.17, 15) is 0 Å². The third kappa shape index (κ3) is 4.55. The fourth-order valence-electron chi connectivity index (χ4n) is 3.85. The van der Waals surface area contributed by atoms with E-state index >= 15 is 0 Å². The minimum absolute atomic E-state index is 0.157. The van der Waals surface area contributed by atoms with Crippen molar-refractivity contribution in [3.63, 3.8) is 0 Å². The van der Waals surface area contributed by atoms with E-state index in [1.54, 1.807) is 0 Å². The van der Waals surface area contributed by atoms with Crippen LogP contribution >= 0.6 is 0 Å². The summed E-state index contributed by atoms with van der Waals surface area (Å²) in [4.78, 5) is 2.55.